The van der Waals surface area contributed by atoms with Crippen LogP contribution >= 0.6 is 11.6 Å². The van der Waals surface area contributed by atoms with E-state index >= 15 is 0 Å². The molecule has 2 aromatic rings. The van der Waals surface area contributed by atoms with Crippen LogP contribution in [0.25, 0.3) is 11.1 Å². The zero-order chi connectivity index (χ0) is 25.2. The molecule has 2 aromatic carbocycles. The predicted octanol–water partition coefficient (Wildman–Crippen LogP) is 1.85. The average molecular weight is 508 g/mol. The van der Waals surface area contributed by atoms with Crippen LogP contribution < -0.4 is 5.32 Å². The second-order valence-corrected chi connectivity index (χ2v) is 10.0. The molecule has 0 radical (unpaired) electrons. The molecule has 2 aliphatic rings. The lowest BCUT2D eigenvalue weighted by Gasteiger charge is -2.47. The SMILES string of the molecule is C[C@@H]1O[C@@H](O[C@H]2CO[C@H](CO)[C@@H](O)[C@@H]2O)C[C@](C)(NCc2ccc(-c3ccc(Cl)cc3)cc2)[C@H]1O. The van der Waals surface area contributed by atoms with Crippen molar-refractivity contribution in [1.82, 2.24) is 5.32 Å². The van der Waals surface area contributed by atoms with Crippen LogP contribution in [0.5, 0.6) is 0 Å². The Morgan fingerprint density at radius 1 is 1.03 bits per heavy atom. The molecule has 5 N–H and O–H groups in total. The van der Waals surface area contributed by atoms with Gasteiger partial charge in [-0.05, 0) is 42.7 Å². The summed E-state index contributed by atoms with van der Waals surface area (Å²) in [5, 5.41) is 44.8. The lowest BCUT2D eigenvalue weighted by Crippen LogP contribution is -2.63. The summed E-state index contributed by atoms with van der Waals surface area (Å²) in [5.41, 5.74) is 2.51. The third-order valence-electron chi connectivity index (χ3n) is 6.98. The molecule has 192 valence electrons. The quantitative estimate of drug-likeness (QED) is 0.385. The van der Waals surface area contributed by atoms with Crippen molar-refractivity contribution in [3.63, 3.8) is 0 Å². The molecular formula is C26H34ClNO7. The predicted molar refractivity (Wildman–Crippen MR) is 131 cm³/mol. The molecule has 0 spiro atoms. The van der Waals surface area contributed by atoms with Gasteiger partial charge in [-0.2, -0.15) is 0 Å². The molecular weight excluding hydrogens is 474 g/mol. The van der Waals surface area contributed by atoms with Gasteiger partial charge in [-0.1, -0.05) is 48.0 Å². The van der Waals surface area contributed by atoms with Crippen LogP contribution in [-0.4, -0.2) is 82.1 Å². The van der Waals surface area contributed by atoms with Gasteiger partial charge in [0.1, 0.15) is 24.4 Å². The Balaban J connectivity index is 1.38. The number of benzene rings is 2. The van der Waals surface area contributed by atoms with E-state index in [1.54, 1.807) is 6.92 Å². The summed E-state index contributed by atoms with van der Waals surface area (Å²) < 4.78 is 17.2. The van der Waals surface area contributed by atoms with Gasteiger partial charge in [0.15, 0.2) is 6.29 Å². The Kier molecular flexibility index (Phi) is 8.48. The molecule has 2 saturated heterocycles. The van der Waals surface area contributed by atoms with E-state index in [-0.39, 0.29) is 6.61 Å². The molecule has 8 atom stereocenters. The second kappa shape index (κ2) is 11.2. The Morgan fingerprint density at radius 3 is 2.29 bits per heavy atom. The van der Waals surface area contributed by atoms with Crippen molar-refractivity contribution in [3.8, 4) is 11.1 Å². The van der Waals surface area contributed by atoms with E-state index in [0.29, 0.717) is 18.0 Å². The lowest BCUT2D eigenvalue weighted by atomic mass is 9.84. The number of halogens is 1. The molecule has 2 aliphatic heterocycles. The second-order valence-electron chi connectivity index (χ2n) is 9.60. The standard InChI is InChI=1S/C26H34ClNO7/c1-15-25(32)26(2,11-22(34-15)35-21-14-33-20(13-29)23(30)24(21)31)28-12-16-3-5-17(6-4-16)18-7-9-19(27)10-8-18/h3-10,15,20-25,28-32H,11-14H2,1-2H3/t15-,20+,21-,22-,23+,24+,25-,26-/m0/s1. The van der Waals surface area contributed by atoms with Crippen molar-refractivity contribution in [3.05, 3.63) is 59.1 Å². The maximum absolute atomic E-state index is 10.9. The molecule has 2 heterocycles. The molecule has 0 aromatic heterocycles. The first-order valence-corrected chi connectivity index (χ1v) is 12.3. The van der Waals surface area contributed by atoms with Gasteiger partial charge in [-0.3, -0.25) is 0 Å². The largest absolute Gasteiger partial charge is 0.394 e. The third-order valence-corrected chi connectivity index (χ3v) is 7.23. The first kappa shape index (κ1) is 26.5. The molecule has 0 amide bonds. The van der Waals surface area contributed by atoms with E-state index in [1.165, 1.54) is 0 Å². The van der Waals surface area contributed by atoms with Crippen molar-refractivity contribution in [1.29, 1.82) is 0 Å². The Morgan fingerprint density at radius 2 is 1.66 bits per heavy atom. The molecule has 0 unspecified atom stereocenters. The van der Waals surface area contributed by atoms with Gasteiger partial charge in [-0.25, -0.2) is 0 Å². The van der Waals surface area contributed by atoms with Crippen LogP contribution in [0, 0.1) is 0 Å². The Labute approximate surface area is 210 Å². The van der Waals surface area contributed by atoms with Crippen LogP contribution in [0.15, 0.2) is 48.5 Å². The maximum atomic E-state index is 10.9. The van der Waals surface area contributed by atoms with E-state index < -0.39 is 55.1 Å². The minimum atomic E-state index is -1.26. The van der Waals surface area contributed by atoms with Crippen molar-refractivity contribution in [2.75, 3.05) is 13.2 Å². The lowest BCUT2D eigenvalue weighted by molar-refractivity contribution is -0.293. The zero-order valence-electron chi connectivity index (χ0n) is 19.9. The van der Waals surface area contributed by atoms with E-state index in [0.717, 1.165) is 16.7 Å². The van der Waals surface area contributed by atoms with Crippen molar-refractivity contribution >= 4 is 11.6 Å². The average Bonchev–Trinajstić information content (AvgIpc) is 2.85. The van der Waals surface area contributed by atoms with Gasteiger partial charge in [-0.15, -0.1) is 0 Å². The summed E-state index contributed by atoms with van der Waals surface area (Å²) in [6, 6.07) is 15.9. The van der Waals surface area contributed by atoms with Gasteiger partial charge in [0.05, 0.1) is 25.4 Å². The number of ether oxygens (including phenoxy) is 3. The highest BCUT2D eigenvalue weighted by molar-refractivity contribution is 6.30. The monoisotopic (exact) mass is 507 g/mol. The third kappa shape index (κ3) is 6.05. The summed E-state index contributed by atoms with van der Waals surface area (Å²) in [5.74, 6) is 0. The minimum absolute atomic E-state index is 0.0182. The minimum Gasteiger partial charge on any atom is -0.394 e. The van der Waals surface area contributed by atoms with Gasteiger partial charge in [0.2, 0.25) is 0 Å². The molecule has 9 heteroatoms. The number of aliphatic hydroxyl groups is 4. The number of nitrogens with one attached hydrogen (secondary N) is 1. The van der Waals surface area contributed by atoms with Crippen LogP contribution in [0.1, 0.15) is 25.8 Å². The number of hydrogen-bond donors (Lipinski definition) is 5. The maximum Gasteiger partial charge on any atom is 0.160 e. The first-order valence-electron chi connectivity index (χ1n) is 11.9. The number of rotatable bonds is 7. The first-order chi connectivity index (χ1) is 16.7. The van der Waals surface area contributed by atoms with Gasteiger partial charge < -0.3 is 40.0 Å². The smallest absolute Gasteiger partial charge is 0.160 e. The molecule has 0 saturated carbocycles. The number of hydrogen-bond acceptors (Lipinski definition) is 8. The van der Waals surface area contributed by atoms with E-state index in [9.17, 15) is 20.4 Å². The van der Waals surface area contributed by atoms with Crippen molar-refractivity contribution < 1.29 is 34.6 Å². The van der Waals surface area contributed by atoms with Crippen LogP contribution in [0.4, 0.5) is 0 Å². The van der Waals surface area contributed by atoms with Gasteiger partial charge in [0, 0.05) is 23.5 Å². The summed E-state index contributed by atoms with van der Waals surface area (Å²) in [6.45, 7) is 3.84. The molecule has 4 rings (SSSR count). The summed E-state index contributed by atoms with van der Waals surface area (Å²) >= 11 is 5.98. The van der Waals surface area contributed by atoms with E-state index in [4.69, 9.17) is 25.8 Å². The van der Waals surface area contributed by atoms with E-state index in [2.05, 4.69) is 5.32 Å². The number of aliphatic hydroxyl groups excluding tert-OH is 4. The summed E-state index contributed by atoms with van der Waals surface area (Å²) in [7, 11) is 0. The van der Waals surface area contributed by atoms with Gasteiger partial charge in [0.25, 0.3) is 0 Å². The Bertz CT molecular complexity index is 959. The normalized spacial score (nSPS) is 35.7. The molecule has 8 nitrogen and oxygen atoms in total. The zero-order valence-corrected chi connectivity index (χ0v) is 20.6. The fourth-order valence-corrected chi connectivity index (χ4v) is 4.82. The highest BCUT2D eigenvalue weighted by Crippen LogP contribution is 2.32. The van der Waals surface area contributed by atoms with Gasteiger partial charge >= 0.3 is 0 Å². The van der Waals surface area contributed by atoms with Crippen molar-refractivity contribution in [2.45, 2.75) is 75.3 Å². The molecule has 35 heavy (non-hydrogen) atoms. The van der Waals surface area contributed by atoms with E-state index in [1.807, 2.05) is 55.5 Å². The highest BCUT2D eigenvalue weighted by Gasteiger charge is 2.47. The fraction of sp³-hybridized carbons (Fsp3) is 0.538. The van der Waals surface area contributed by atoms with Crippen molar-refractivity contribution in [2.24, 2.45) is 0 Å². The highest BCUT2D eigenvalue weighted by atomic mass is 35.5. The summed E-state index contributed by atoms with van der Waals surface area (Å²) in [6.07, 6.45) is -5.84. The van der Waals surface area contributed by atoms with Crippen LogP contribution in [0.3, 0.4) is 0 Å². The fourth-order valence-electron chi connectivity index (χ4n) is 4.70. The summed E-state index contributed by atoms with van der Waals surface area (Å²) in [4.78, 5) is 0. The topological polar surface area (TPSA) is 121 Å². The van der Waals surface area contributed by atoms with Crippen LogP contribution in [-0.2, 0) is 20.8 Å². The molecule has 2 fully saturated rings. The molecule has 0 bridgehead atoms. The Hall–Kier alpha value is -1.59. The molecule has 0 aliphatic carbocycles. The van der Waals surface area contributed by atoms with Crippen LogP contribution in [0.2, 0.25) is 5.02 Å².